The number of carbonyl (C=O) groups is 2. The molecule has 1 saturated carbocycles. The van der Waals surface area contributed by atoms with Crippen molar-refractivity contribution in [2.75, 3.05) is 19.5 Å². The molecule has 0 aromatic heterocycles. The Morgan fingerprint density at radius 3 is 2.52 bits per heavy atom. The lowest BCUT2D eigenvalue weighted by Crippen LogP contribution is -2.30. The van der Waals surface area contributed by atoms with Crippen molar-refractivity contribution in [1.29, 1.82) is 0 Å². The summed E-state index contributed by atoms with van der Waals surface area (Å²) in [4.78, 5) is 23.5. The number of hydrogen-bond acceptors (Lipinski definition) is 4. The van der Waals surface area contributed by atoms with Gasteiger partial charge in [-0.3, -0.25) is 9.59 Å². The molecule has 2 rings (SSSR count). The molecule has 0 unspecified atom stereocenters. The van der Waals surface area contributed by atoms with Gasteiger partial charge in [-0.15, -0.1) is 0 Å². The Morgan fingerprint density at radius 1 is 1.19 bits per heavy atom. The van der Waals surface area contributed by atoms with Gasteiger partial charge in [-0.1, -0.05) is 6.42 Å². The lowest BCUT2D eigenvalue weighted by molar-refractivity contribution is -0.145. The number of ether oxygens (including phenoxy) is 2. The maximum absolute atomic E-state index is 12.3. The molecular weight excluding hydrogens is 274 g/mol. The van der Waals surface area contributed by atoms with Crippen LogP contribution in [0.1, 0.15) is 19.3 Å². The first-order valence-corrected chi connectivity index (χ1v) is 6.82. The van der Waals surface area contributed by atoms with Gasteiger partial charge >= 0.3 is 5.97 Å². The molecule has 0 heterocycles. The van der Waals surface area contributed by atoms with Crippen molar-refractivity contribution in [3.8, 4) is 11.5 Å². The fraction of sp³-hybridized carbons (Fsp3) is 0.467. The first-order valence-electron chi connectivity index (χ1n) is 6.82. The van der Waals surface area contributed by atoms with Crippen molar-refractivity contribution >= 4 is 17.6 Å². The van der Waals surface area contributed by atoms with Crippen LogP contribution in [0.3, 0.4) is 0 Å². The zero-order chi connectivity index (χ0) is 15.4. The highest BCUT2D eigenvalue weighted by atomic mass is 16.5. The van der Waals surface area contributed by atoms with Gasteiger partial charge in [0.2, 0.25) is 5.91 Å². The monoisotopic (exact) mass is 293 g/mol. The Hall–Kier alpha value is -2.24. The van der Waals surface area contributed by atoms with Gasteiger partial charge in [-0.2, -0.15) is 0 Å². The maximum Gasteiger partial charge on any atom is 0.307 e. The van der Waals surface area contributed by atoms with Crippen LogP contribution >= 0.6 is 0 Å². The van der Waals surface area contributed by atoms with Crippen LogP contribution in [0.15, 0.2) is 18.2 Å². The number of carboxylic acid groups (broad SMARTS) is 1. The van der Waals surface area contributed by atoms with Crippen molar-refractivity contribution in [2.45, 2.75) is 19.3 Å². The van der Waals surface area contributed by atoms with Gasteiger partial charge in [0.25, 0.3) is 0 Å². The van der Waals surface area contributed by atoms with Crippen LogP contribution in [0, 0.1) is 11.8 Å². The number of nitrogens with one attached hydrogen (secondary N) is 1. The van der Waals surface area contributed by atoms with Gasteiger partial charge in [0.15, 0.2) is 0 Å². The third-order valence-electron chi connectivity index (χ3n) is 3.83. The van der Waals surface area contributed by atoms with Crippen molar-refractivity contribution < 1.29 is 24.2 Å². The van der Waals surface area contributed by atoms with Crippen LogP contribution in [0.25, 0.3) is 0 Å². The minimum Gasteiger partial charge on any atom is -0.497 e. The molecule has 0 aliphatic heterocycles. The van der Waals surface area contributed by atoms with Crippen LogP contribution < -0.4 is 14.8 Å². The van der Waals surface area contributed by atoms with Crippen LogP contribution in [0.2, 0.25) is 0 Å². The average molecular weight is 293 g/mol. The van der Waals surface area contributed by atoms with E-state index in [1.165, 1.54) is 14.2 Å². The smallest absolute Gasteiger partial charge is 0.307 e. The number of carboxylic acids is 1. The van der Waals surface area contributed by atoms with Crippen LogP contribution in [-0.4, -0.2) is 31.2 Å². The van der Waals surface area contributed by atoms with Crippen LogP contribution in [-0.2, 0) is 9.59 Å². The third kappa shape index (κ3) is 3.26. The largest absolute Gasteiger partial charge is 0.497 e. The molecule has 0 spiro atoms. The Labute approximate surface area is 123 Å². The summed E-state index contributed by atoms with van der Waals surface area (Å²) in [5, 5.41) is 11.9. The molecule has 21 heavy (non-hydrogen) atoms. The Balaban J connectivity index is 2.17. The summed E-state index contributed by atoms with van der Waals surface area (Å²) < 4.78 is 10.3. The molecule has 2 N–H and O–H groups in total. The predicted octanol–water partition coefficient (Wildman–Crippen LogP) is 2.14. The van der Waals surface area contributed by atoms with Gasteiger partial charge in [-0.05, 0) is 25.0 Å². The molecule has 1 amide bonds. The molecule has 2 atom stereocenters. The third-order valence-corrected chi connectivity index (χ3v) is 3.83. The minimum absolute atomic E-state index is 0.286. The number of anilines is 1. The van der Waals surface area contributed by atoms with Gasteiger partial charge in [0.1, 0.15) is 11.5 Å². The van der Waals surface area contributed by atoms with Gasteiger partial charge < -0.3 is 19.9 Å². The van der Waals surface area contributed by atoms with Crippen molar-refractivity contribution in [1.82, 2.24) is 0 Å². The van der Waals surface area contributed by atoms with Gasteiger partial charge in [0, 0.05) is 6.07 Å². The van der Waals surface area contributed by atoms with E-state index in [9.17, 15) is 9.59 Å². The highest BCUT2D eigenvalue weighted by Gasteiger charge is 2.37. The maximum atomic E-state index is 12.3. The molecule has 0 radical (unpaired) electrons. The molecule has 6 heteroatoms. The quantitative estimate of drug-likeness (QED) is 0.869. The lowest BCUT2D eigenvalue weighted by Gasteiger charge is -2.17. The summed E-state index contributed by atoms with van der Waals surface area (Å²) in [6, 6.07) is 5.07. The first kappa shape index (κ1) is 15.2. The van der Waals surface area contributed by atoms with E-state index in [0.717, 1.165) is 6.42 Å². The number of carbonyl (C=O) groups excluding carboxylic acids is 1. The van der Waals surface area contributed by atoms with Gasteiger partial charge in [0.05, 0.1) is 31.7 Å². The van der Waals surface area contributed by atoms with E-state index < -0.39 is 17.8 Å². The van der Waals surface area contributed by atoms with Crippen molar-refractivity contribution in [3.63, 3.8) is 0 Å². The zero-order valence-electron chi connectivity index (χ0n) is 12.1. The molecule has 6 nitrogen and oxygen atoms in total. The summed E-state index contributed by atoms with van der Waals surface area (Å²) in [6.07, 6.45) is 1.89. The summed E-state index contributed by atoms with van der Waals surface area (Å²) in [5.41, 5.74) is 0.484. The standard InChI is InChI=1S/C15H19NO5/c1-20-9-6-7-13(21-2)12(8-9)16-14(17)10-4-3-5-11(10)15(18)19/h6-8,10-11H,3-5H2,1-2H3,(H,16,17)(H,18,19)/t10-,11+/m1/s1. The average Bonchev–Trinajstić information content (AvgIpc) is 2.96. The summed E-state index contributed by atoms with van der Waals surface area (Å²) >= 11 is 0. The first-order chi connectivity index (χ1) is 10.1. The van der Waals surface area contributed by atoms with Crippen LogP contribution in [0.4, 0.5) is 5.69 Å². The number of aliphatic carboxylic acids is 1. The molecule has 1 aliphatic rings. The number of hydrogen-bond donors (Lipinski definition) is 2. The topological polar surface area (TPSA) is 84.9 Å². The molecule has 0 bridgehead atoms. The molecular formula is C15H19NO5. The van der Waals surface area contributed by atoms with Gasteiger partial charge in [-0.25, -0.2) is 0 Å². The number of methoxy groups -OCH3 is 2. The Bertz CT molecular complexity index is 543. The Morgan fingerprint density at radius 2 is 1.90 bits per heavy atom. The summed E-state index contributed by atoms with van der Waals surface area (Å²) in [6.45, 7) is 0. The number of amides is 1. The molecule has 114 valence electrons. The summed E-state index contributed by atoms with van der Waals surface area (Å²) in [5.74, 6) is -1.21. The lowest BCUT2D eigenvalue weighted by atomic mass is 9.95. The summed E-state index contributed by atoms with van der Waals surface area (Å²) in [7, 11) is 3.04. The fourth-order valence-corrected chi connectivity index (χ4v) is 2.71. The number of benzene rings is 1. The normalized spacial score (nSPS) is 20.9. The van der Waals surface area contributed by atoms with Crippen molar-refractivity contribution in [3.05, 3.63) is 18.2 Å². The molecule has 1 aliphatic carbocycles. The highest BCUT2D eigenvalue weighted by molar-refractivity contribution is 5.96. The van der Waals surface area contributed by atoms with E-state index in [4.69, 9.17) is 14.6 Å². The minimum atomic E-state index is -0.912. The van der Waals surface area contributed by atoms with E-state index in [0.29, 0.717) is 30.0 Å². The Kier molecular flexibility index (Phi) is 4.67. The second-order valence-electron chi connectivity index (χ2n) is 5.04. The van der Waals surface area contributed by atoms with E-state index in [2.05, 4.69) is 5.32 Å². The molecule has 1 fully saturated rings. The van der Waals surface area contributed by atoms with E-state index >= 15 is 0 Å². The predicted molar refractivity (Wildman–Crippen MR) is 76.6 cm³/mol. The zero-order valence-corrected chi connectivity index (χ0v) is 12.1. The second-order valence-corrected chi connectivity index (χ2v) is 5.04. The van der Waals surface area contributed by atoms with Crippen molar-refractivity contribution in [2.24, 2.45) is 11.8 Å². The van der Waals surface area contributed by atoms with E-state index in [-0.39, 0.29) is 5.91 Å². The molecule has 1 aromatic rings. The fourth-order valence-electron chi connectivity index (χ4n) is 2.71. The van der Waals surface area contributed by atoms with Crippen LogP contribution in [0.5, 0.6) is 11.5 Å². The van der Waals surface area contributed by atoms with E-state index in [1.54, 1.807) is 18.2 Å². The molecule has 0 saturated heterocycles. The molecule has 1 aromatic carbocycles. The SMILES string of the molecule is COc1ccc(OC)c(NC(=O)[C@@H]2CCC[C@@H]2C(=O)O)c1. The van der Waals surface area contributed by atoms with E-state index in [1.807, 2.05) is 0 Å². The second kappa shape index (κ2) is 6.47. The number of rotatable bonds is 5. The highest BCUT2D eigenvalue weighted by Crippen LogP contribution is 2.35.